The Bertz CT molecular complexity index is 852. The van der Waals surface area contributed by atoms with Crippen LogP contribution in [0.2, 0.25) is 0 Å². The van der Waals surface area contributed by atoms with Gasteiger partial charge < -0.3 is 24.6 Å². The topological polar surface area (TPSA) is 118 Å². The number of hydrogen-bond acceptors (Lipinski definition) is 6. The molecule has 0 aliphatic carbocycles. The smallest absolute Gasteiger partial charge is 0.318 e. The largest absolute Gasteiger partial charge is 0.497 e. The molecule has 28 heavy (non-hydrogen) atoms. The monoisotopic (exact) mass is 388 g/mol. The molecule has 2 amide bonds. The summed E-state index contributed by atoms with van der Waals surface area (Å²) < 4.78 is 10.5. The molecule has 1 fully saturated rings. The number of carboxylic acid groups (broad SMARTS) is 1. The molecule has 1 aliphatic heterocycles. The molecular formula is C19H24N4O5. The van der Waals surface area contributed by atoms with E-state index in [2.05, 4.69) is 15.5 Å². The predicted octanol–water partition coefficient (Wildman–Crippen LogP) is 2.56. The van der Waals surface area contributed by atoms with Crippen molar-refractivity contribution in [1.82, 2.24) is 20.4 Å². The maximum absolute atomic E-state index is 12.6. The van der Waals surface area contributed by atoms with Gasteiger partial charge >= 0.3 is 12.0 Å². The van der Waals surface area contributed by atoms with Crippen LogP contribution in [0.15, 0.2) is 28.8 Å². The number of nitrogens with zero attached hydrogens (tertiary/aromatic N) is 3. The van der Waals surface area contributed by atoms with E-state index in [-0.39, 0.29) is 24.4 Å². The van der Waals surface area contributed by atoms with E-state index in [0.29, 0.717) is 24.5 Å². The lowest BCUT2D eigenvalue weighted by atomic mass is 9.91. The maximum atomic E-state index is 12.6. The van der Waals surface area contributed by atoms with E-state index >= 15 is 0 Å². The number of hydrogen-bond donors (Lipinski definition) is 2. The fourth-order valence-electron chi connectivity index (χ4n) is 3.33. The van der Waals surface area contributed by atoms with Crippen molar-refractivity contribution in [3.05, 3.63) is 30.2 Å². The highest BCUT2D eigenvalue weighted by molar-refractivity contribution is 5.77. The lowest BCUT2D eigenvalue weighted by molar-refractivity contribution is -0.143. The van der Waals surface area contributed by atoms with Gasteiger partial charge in [-0.3, -0.25) is 4.79 Å². The fraction of sp³-hybridized carbons (Fsp3) is 0.474. The number of benzene rings is 1. The van der Waals surface area contributed by atoms with E-state index in [1.807, 2.05) is 25.1 Å². The second-order valence-corrected chi connectivity index (χ2v) is 7.14. The highest BCUT2D eigenvalue weighted by Gasteiger charge is 2.32. The van der Waals surface area contributed by atoms with Crippen LogP contribution in [-0.4, -0.2) is 52.3 Å². The highest BCUT2D eigenvalue weighted by atomic mass is 16.5. The summed E-state index contributed by atoms with van der Waals surface area (Å²) in [6.45, 7) is 4.39. The van der Waals surface area contributed by atoms with Gasteiger partial charge in [0.05, 0.1) is 13.0 Å². The molecule has 2 heterocycles. The van der Waals surface area contributed by atoms with Crippen molar-refractivity contribution in [2.45, 2.75) is 26.3 Å². The summed E-state index contributed by atoms with van der Waals surface area (Å²) in [7, 11) is 1.58. The number of carbonyl (C=O) groups excluding carboxylic acids is 1. The van der Waals surface area contributed by atoms with Gasteiger partial charge in [-0.25, -0.2) is 4.79 Å². The number of aromatic nitrogens is 2. The minimum absolute atomic E-state index is 0.124. The van der Waals surface area contributed by atoms with E-state index in [9.17, 15) is 14.7 Å². The number of nitrogens with one attached hydrogen (secondary N) is 1. The van der Waals surface area contributed by atoms with Crippen LogP contribution in [0, 0.1) is 11.8 Å². The van der Waals surface area contributed by atoms with E-state index in [1.165, 1.54) is 4.90 Å². The minimum Gasteiger partial charge on any atom is -0.497 e. The van der Waals surface area contributed by atoms with Crippen molar-refractivity contribution >= 4 is 12.0 Å². The Kier molecular flexibility index (Phi) is 5.81. The lowest BCUT2D eigenvalue weighted by Crippen LogP contribution is -2.49. The third kappa shape index (κ3) is 4.41. The van der Waals surface area contributed by atoms with E-state index in [1.54, 1.807) is 20.1 Å². The van der Waals surface area contributed by atoms with E-state index < -0.39 is 17.9 Å². The summed E-state index contributed by atoms with van der Waals surface area (Å²) >= 11 is 0. The van der Waals surface area contributed by atoms with Crippen LogP contribution < -0.4 is 10.1 Å². The summed E-state index contributed by atoms with van der Waals surface area (Å²) in [4.78, 5) is 29.7. The Balaban J connectivity index is 1.66. The molecule has 1 aliphatic rings. The number of likely N-dealkylation sites (tertiary alicyclic amines) is 1. The summed E-state index contributed by atoms with van der Waals surface area (Å²) in [6.07, 6.45) is 0.572. The van der Waals surface area contributed by atoms with Gasteiger partial charge in [-0.15, -0.1) is 0 Å². The first-order valence-electron chi connectivity index (χ1n) is 9.13. The normalized spacial score (nSPS) is 20.5. The maximum Gasteiger partial charge on any atom is 0.318 e. The molecule has 0 saturated carbocycles. The van der Waals surface area contributed by atoms with Gasteiger partial charge in [-0.2, -0.15) is 4.98 Å². The lowest BCUT2D eigenvalue weighted by Gasteiger charge is -2.35. The van der Waals surface area contributed by atoms with Gasteiger partial charge in [-0.05, 0) is 31.4 Å². The number of ether oxygens (including phenoxy) is 1. The van der Waals surface area contributed by atoms with Gasteiger partial charge in [0, 0.05) is 18.7 Å². The molecule has 3 atom stereocenters. The average Bonchev–Trinajstić information content (AvgIpc) is 3.18. The Hall–Kier alpha value is -3.10. The third-order valence-corrected chi connectivity index (χ3v) is 4.78. The van der Waals surface area contributed by atoms with Crippen molar-refractivity contribution in [2.24, 2.45) is 11.8 Å². The van der Waals surface area contributed by atoms with Crippen molar-refractivity contribution in [3.8, 4) is 17.1 Å². The van der Waals surface area contributed by atoms with Crippen LogP contribution in [0.1, 0.15) is 32.2 Å². The first kappa shape index (κ1) is 19.7. The molecule has 150 valence electrons. The molecule has 2 N–H and O–H groups in total. The van der Waals surface area contributed by atoms with Gasteiger partial charge in [0.1, 0.15) is 11.8 Å². The third-order valence-electron chi connectivity index (χ3n) is 4.78. The number of aliphatic carboxylic acids is 1. The van der Waals surface area contributed by atoms with Crippen molar-refractivity contribution in [1.29, 1.82) is 0 Å². The van der Waals surface area contributed by atoms with E-state index in [0.717, 1.165) is 5.56 Å². The first-order valence-corrected chi connectivity index (χ1v) is 9.13. The molecule has 1 aromatic heterocycles. The highest BCUT2D eigenvalue weighted by Crippen LogP contribution is 2.24. The van der Waals surface area contributed by atoms with Crippen molar-refractivity contribution in [3.63, 3.8) is 0 Å². The zero-order chi connectivity index (χ0) is 20.3. The molecule has 3 rings (SSSR count). The van der Waals surface area contributed by atoms with Crippen molar-refractivity contribution in [2.75, 3.05) is 20.2 Å². The minimum atomic E-state index is -0.878. The van der Waals surface area contributed by atoms with Gasteiger partial charge in [0.2, 0.25) is 11.7 Å². The number of amides is 2. The standard InChI is InChI=1S/C19H24N4O5/c1-11-7-14(18(24)25)10-23(9-11)19(26)20-12(2)17-21-16(22-28-17)13-5-4-6-15(8-13)27-3/h4-6,8,11-12,14H,7,9-10H2,1-3H3,(H,20,26)(H,24,25). The van der Waals surface area contributed by atoms with Crippen LogP contribution >= 0.6 is 0 Å². The summed E-state index contributed by atoms with van der Waals surface area (Å²) in [5.41, 5.74) is 0.738. The number of rotatable bonds is 5. The molecule has 0 spiro atoms. The van der Waals surface area contributed by atoms with Gasteiger partial charge in [0.25, 0.3) is 0 Å². The van der Waals surface area contributed by atoms with Crippen LogP contribution in [0.5, 0.6) is 5.75 Å². The number of piperidine rings is 1. The van der Waals surface area contributed by atoms with Crippen LogP contribution in [0.3, 0.4) is 0 Å². The molecule has 3 unspecified atom stereocenters. The predicted molar refractivity (Wildman–Crippen MR) is 99.7 cm³/mol. The number of urea groups is 1. The first-order chi connectivity index (χ1) is 13.4. The zero-order valence-corrected chi connectivity index (χ0v) is 16.1. The molecular weight excluding hydrogens is 364 g/mol. The second kappa shape index (κ2) is 8.28. The SMILES string of the molecule is COc1cccc(-c2noc(C(C)NC(=O)N3CC(C)CC(C(=O)O)C3)n2)c1. The van der Waals surface area contributed by atoms with Crippen molar-refractivity contribution < 1.29 is 24.0 Å². The fourth-order valence-corrected chi connectivity index (χ4v) is 3.33. The Labute approximate surface area is 162 Å². The Morgan fingerprint density at radius 1 is 1.39 bits per heavy atom. The Morgan fingerprint density at radius 2 is 2.18 bits per heavy atom. The average molecular weight is 388 g/mol. The Morgan fingerprint density at radius 3 is 2.89 bits per heavy atom. The zero-order valence-electron chi connectivity index (χ0n) is 16.1. The molecule has 0 bridgehead atoms. The molecule has 1 saturated heterocycles. The molecule has 1 aromatic carbocycles. The number of carboxylic acids is 1. The summed E-state index contributed by atoms with van der Waals surface area (Å²) in [6, 6.07) is 6.41. The molecule has 0 radical (unpaired) electrons. The molecule has 2 aromatic rings. The summed E-state index contributed by atoms with van der Waals surface area (Å²) in [5, 5.41) is 16.0. The van der Waals surface area contributed by atoms with Gasteiger partial charge in [0.15, 0.2) is 0 Å². The van der Waals surface area contributed by atoms with Crippen LogP contribution in [-0.2, 0) is 4.79 Å². The van der Waals surface area contributed by atoms with Gasteiger partial charge in [-0.1, -0.05) is 24.2 Å². The second-order valence-electron chi connectivity index (χ2n) is 7.14. The van der Waals surface area contributed by atoms with Crippen LogP contribution in [0.4, 0.5) is 4.79 Å². The van der Waals surface area contributed by atoms with Crippen LogP contribution in [0.25, 0.3) is 11.4 Å². The van der Waals surface area contributed by atoms with E-state index in [4.69, 9.17) is 9.26 Å². The number of carbonyl (C=O) groups is 2. The number of methoxy groups -OCH3 is 1. The molecule has 9 heteroatoms. The molecule has 9 nitrogen and oxygen atoms in total. The summed E-state index contributed by atoms with van der Waals surface area (Å²) in [5.74, 6) is 0.0417. The quantitative estimate of drug-likeness (QED) is 0.808.